The van der Waals surface area contributed by atoms with Gasteiger partial charge >= 0.3 is 6.09 Å². The van der Waals surface area contributed by atoms with Gasteiger partial charge in [0, 0.05) is 36.1 Å². The number of nitrogens with zero attached hydrogens (tertiary/aromatic N) is 2. The highest BCUT2D eigenvalue weighted by atomic mass is 35.5. The van der Waals surface area contributed by atoms with Crippen LogP contribution < -0.4 is 4.74 Å². The average Bonchev–Trinajstić information content (AvgIpc) is 3.42. The fourth-order valence-electron chi connectivity index (χ4n) is 6.02. The highest BCUT2D eigenvalue weighted by Crippen LogP contribution is 2.41. The van der Waals surface area contributed by atoms with E-state index in [9.17, 15) is 18.4 Å². The SMILES string of the molecule is COc1ccc(-c2ccc(SC)cc2)cc1CN(C(=O)c1sc2c(F)ccc(F)c2c1Cl)C1CCC(N(C)C(=O)OC(C)(C)C)CC1. The van der Waals surface area contributed by atoms with E-state index in [0.717, 1.165) is 45.1 Å². The molecule has 1 saturated carbocycles. The number of benzene rings is 3. The first-order valence-corrected chi connectivity index (χ1v) is 17.9. The molecular formula is C36H39ClF2N2O4S2. The molecule has 1 aliphatic carbocycles. The molecule has 0 aliphatic heterocycles. The van der Waals surface area contributed by atoms with Crippen LogP contribution in [0.3, 0.4) is 0 Å². The molecule has 2 amide bonds. The summed E-state index contributed by atoms with van der Waals surface area (Å²) < 4.78 is 40.9. The standard InChI is InChI=1S/C36H39ClF2N2O4S2/c1-36(2,3)45-35(43)40(4)24-10-12-25(13-11-24)41(34(42)33-31(37)30-27(38)16-17-28(39)32(30)47-33)20-23-19-22(9-18-29(23)44-5)21-7-14-26(46-6)15-8-21/h7-9,14-19,24-25H,10-13,20H2,1-6H3. The van der Waals surface area contributed by atoms with E-state index in [1.807, 2.05) is 45.2 Å². The third-order valence-corrected chi connectivity index (χ3v) is 10.9. The third-order valence-electron chi connectivity index (χ3n) is 8.52. The molecule has 0 radical (unpaired) electrons. The van der Waals surface area contributed by atoms with Crippen molar-refractivity contribution in [1.29, 1.82) is 0 Å². The van der Waals surface area contributed by atoms with Crippen molar-refractivity contribution in [3.63, 3.8) is 0 Å². The molecule has 5 rings (SSSR count). The summed E-state index contributed by atoms with van der Waals surface area (Å²) in [5, 5.41) is -0.180. The Morgan fingerprint density at radius 1 is 0.957 bits per heavy atom. The Morgan fingerprint density at radius 2 is 1.57 bits per heavy atom. The Labute approximate surface area is 288 Å². The van der Waals surface area contributed by atoms with Crippen LogP contribution in [-0.2, 0) is 11.3 Å². The molecule has 0 spiro atoms. The van der Waals surface area contributed by atoms with E-state index < -0.39 is 23.1 Å². The molecule has 1 heterocycles. The second-order valence-corrected chi connectivity index (χ2v) is 15.0. The highest BCUT2D eigenvalue weighted by molar-refractivity contribution is 7.98. The van der Waals surface area contributed by atoms with Crippen LogP contribution in [0.5, 0.6) is 5.75 Å². The van der Waals surface area contributed by atoms with Crippen LogP contribution >= 0.6 is 34.7 Å². The zero-order valence-corrected chi connectivity index (χ0v) is 29.8. The number of carbonyl (C=O) groups is 2. The molecule has 6 nitrogen and oxygen atoms in total. The molecule has 0 unspecified atom stereocenters. The van der Waals surface area contributed by atoms with Gasteiger partial charge in [-0.25, -0.2) is 13.6 Å². The van der Waals surface area contributed by atoms with Crippen molar-refractivity contribution in [2.75, 3.05) is 20.4 Å². The maximum absolute atomic E-state index is 14.8. The van der Waals surface area contributed by atoms with E-state index in [-0.39, 0.29) is 44.7 Å². The van der Waals surface area contributed by atoms with Crippen LogP contribution in [0.2, 0.25) is 5.02 Å². The fraction of sp³-hybridized carbons (Fsp3) is 0.389. The number of fused-ring (bicyclic) bond motifs is 1. The minimum Gasteiger partial charge on any atom is -0.496 e. The predicted molar refractivity (Wildman–Crippen MR) is 187 cm³/mol. The van der Waals surface area contributed by atoms with Crippen molar-refractivity contribution in [2.24, 2.45) is 0 Å². The smallest absolute Gasteiger partial charge is 0.410 e. The van der Waals surface area contributed by atoms with Crippen molar-refractivity contribution in [3.8, 4) is 16.9 Å². The Kier molecular flexibility index (Phi) is 10.7. The molecule has 0 N–H and O–H groups in total. The predicted octanol–water partition coefficient (Wildman–Crippen LogP) is 10.1. The molecular weight excluding hydrogens is 662 g/mol. The van der Waals surface area contributed by atoms with E-state index in [1.165, 1.54) is 0 Å². The van der Waals surface area contributed by atoms with Crippen LogP contribution in [0.25, 0.3) is 21.2 Å². The quantitative estimate of drug-likeness (QED) is 0.171. The minimum atomic E-state index is -0.680. The molecule has 1 aromatic heterocycles. The molecule has 0 bridgehead atoms. The van der Waals surface area contributed by atoms with Gasteiger partial charge in [-0.2, -0.15) is 0 Å². The first-order chi connectivity index (χ1) is 22.3. The van der Waals surface area contributed by atoms with Gasteiger partial charge in [0.2, 0.25) is 0 Å². The van der Waals surface area contributed by atoms with E-state index in [4.69, 9.17) is 21.1 Å². The second kappa shape index (κ2) is 14.4. The van der Waals surface area contributed by atoms with E-state index in [1.54, 1.807) is 35.7 Å². The monoisotopic (exact) mass is 700 g/mol. The lowest BCUT2D eigenvalue weighted by atomic mass is 9.89. The van der Waals surface area contributed by atoms with E-state index in [2.05, 4.69) is 24.3 Å². The van der Waals surface area contributed by atoms with Gasteiger partial charge in [0.15, 0.2) is 0 Å². The zero-order chi connectivity index (χ0) is 34.0. The van der Waals surface area contributed by atoms with Crippen LogP contribution in [0.4, 0.5) is 13.6 Å². The van der Waals surface area contributed by atoms with Crippen molar-refractivity contribution < 1.29 is 27.8 Å². The van der Waals surface area contributed by atoms with Crippen molar-refractivity contribution in [2.45, 2.75) is 75.6 Å². The van der Waals surface area contributed by atoms with Crippen molar-refractivity contribution in [1.82, 2.24) is 9.80 Å². The summed E-state index contributed by atoms with van der Waals surface area (Å²) in [6.07, 6.45) is 4.14. The van der Waals surface area contributed by atoms with Crippen LogP contribution in [0.15, 0.2) is 59.5 Å². The van der Waals surface area contributed by atoms with E-state index >= 15 is 0 Å². The fourth-order valence-corrected chi connectivity index (χ4v) is 7.93. The van der Waals surface area contributed by atoms with E-state index in [0.29, 0.717) is 31.4 Å². The molecule has 0 atom stereocenters. The van der Waals surface area contributed by atoms with Gasteiger partial charge in [-0.15, -0.1) is 23.1 Å². The number of halogens is 3. The van der Waals surface area contributed by atoms with Gasteiger partial charge < -0.3 is 19.3 Å². The van der Waals surface area contributed by atoms with Gasteiger partial charge in [0.05, 0.1) is 22.2 Å². The van der Waals surface area contributed by atoms with Crippen LogP contribution in [-0.4, -0.2) is 59.9 Å². The maximum atomic E-state index is 14.8. The number of thioether (sulfide) groups is 1. The number of methoxy groups -OCH3 is 1. The average molecular weight is 701 g/mol. The molecule has 1 fully saturated rings. The van der Waals surface area contributed by atoms with Crippen molar-refractivity contribution >= 4 is 56.8 Å². The molecule has 1 aliphatic rings. The number of ether oxygens (including phenoxy) is 2. The lowest BCUT2D eigenvalue weighted by molar-refractivity contribution is 0.0144. The number of amides is 2. The topological polar surface area (TPSA) is 59.1 Å². The first-order valence-electron chi connectivity index (χ1n) is 15.5. The summed E-state index contributed by atoms with van der Waals surface area (Å²) in [6, 6.07) is 15.9. The third kappa shape index (κ3) is 7.71. The van der Waals surface area contributed by atoms with Gasteiger partial charge in [-0.1, -0.05) is 29.8 Å². The summed E-state index contributed by atoms with van der Waals surface area (Å²) in [5.41, 5.74) is 2.16. The number of rotatable bonds is 8. The largest absolute Gasteiger partial charge is 0.496 e. The zero-order valence-electron chi connectivity index (χ0n) is 27.4. The summed E-state index contributed by atoms with van der Waals surface area (Å²) >= 11 is 9.16. The number of hydrogen-bond acceptors (Lipinski definition) is 6. The molecule has 0 saturated heterocycles. The molecule has 11 heteroatoms. The Balaban J connectivity index is 1.49. The Bertz CT molecular complexity index is 1770. The second-order valence-electron chi connectivity index (χ2n) is 12.7. The molecule has 4 aromatic rings. The first kappa shape index (κ1) is 35.0. The Hall–Kier alpha value is -3.34. The summed E-state index contributed by atoms with van der Waals surface area (Å²) in [7, 11) is 3.33. The van der Waals surface area contributed by atoms with Gasteiger partial charge in [0.1, 0.15) is 27.9 Å². The molecule has 47 heavy (non-hydrogen) atoms. The molecule has 250 valence electrons. The summed E-state index contributed by atoms with van der Waals surface area (Å²) in [6.45, 7) is 5.68. The maximum Gasteiger partial charge on any atom is 0.410 e. The van der Waals surface area contributed by atoms with Crippen LogP contribution in [0.1, 0.15) is 61.7 Å². The lowest BCUT2D eigenvalue weighted by Crippen LogP contribution is -2.47. The number of hydrogen-bond donors (Lipinski definition) is 0. The summed E-state index contributed by atoms with van der Waals surface area (Å²) in [4.78, 5) is 31.9. The van der Waals surface area contributed by atoms with Gasteiger partial charge in [-0.05, 0) is 100 Å². The lowest BCUT2D eigenvalue weighted by Gasteiger charge is -2.40. The Morgan fingerprint density at radius 3 is 2.17 bits per heavy atom. The number of carbonyl (C=O) groups excluding carboxylic acids is 2. The summed E-state index contributed by atoms with van der Waals surface area (Å²) in [5.74, 6) is -1.10. The minimum absolute atomic E-state index is 0.00858. The molecule has 3 aromatic carbocycles. The highest BCUT2D eigenvalue weighted by Gasteiger charge is 2.35. The van der Waals surface area contributed by atoms with Crippen molar-refractivity contribution in [3.05, 3.63) is 81.7 Å². The number of thiophene rings is 1. The normalized spacial score (nSPS) is 16.6. The van der Waals surface area contributed by atoms with Crippen LogP contribution in [0, 0.1) is 11.6 Å². The van der Waals surface area contributed by atoms with Gasteiger partial charge in [0.25, 0.3) is 5.91 Å². The van der Waals surface area contributed by atoms with Gasteiger partial charge in [-0.3, -0.25) is 4.79 Å².